The lowest BCUT2D eigenvalue weighted by atomic mass is 9.86. The third kappa shape index (κ3) is 8.29. The summed E-state index contributed by atoms with van der Waals surface area (Å²) in [5.74, 6) is 2.02. The number of nitrogens with zero attached hydrogens (tertiary/aromatic N) is 1. The van der Waals surface area contributed by atoms with Crippen LogP contribution in [0.25, 0.3) is 0 Å². The maximum atomic E-state index is 6.50. The van der Waals surface area contributed by atoms with Gasteiger partial charge in [0.05, 0.1) is 13.1 Å². The molecule has 1 atom stereocenters. The van der Waals surface area contributed by atoms with Crippen molar-refractivity contribution in [1.29, 1.82) is 0 Å². The van der Waals surface area contributed by atoms with E-state index in [1.165, 1.54) is 5.56 Å². The number of halogens is 1. The van der Waals surface area contributed by atoms with E-state index in [0.29, 0.717) is 18.4 Å². The van der Waals surface area contributed by atoms with E-state index >= 15 is 0 Å². The van der Waals surface area contributed by atoms with Crippen LogP contribution in [0.4, 0.5) is 0 Å². The molecule has 0 aliphatic carbocycles. The van der Waals surface area contributed by atoms with Crippen LogP contribution in [-0.2, 0) is 10.3 Å². The van der Waals surface area contributed by atoms with Crippen LogP contribution in [0.5, 0.6) is 5.75 Å². The number of hydrogen-bond donors (Lipinski definition) is 0. The second kappa shape index (κ2) is 14.0. The zero-order chi connectivity index (χ0) is 23.1. The van der Waals surface area contributed by atoms with E-state index in [4.69, 9.17) is 9.47 Å². The van der Waals surface area contributed by atoms with Gasteiger partial charge in [0, 0.05) is 24.0 Å². The number of para-hydroxylation sites is 1. The third-order valence-electron chi connectivity index (χ3n) is 6.30. The molecule has 1 unspecified atom stereocenters. The van der Waals surface area contributed by atoms with Crippen molar-refractivity contribution in [3.8, 4) is 5.75 Å². The van der Waals surface area contributed by atoms with Gasteiger partial charge in [0.2, 0.25) is 6.29 Å². The van der Waals surface area contributed by atoms with Crippen molar-refractivity contribution in [3.63, 3.8) is 0 Å². The maximum absolute atomic E-state index is 6.50. The van der Waals surface area contributed by atoms with Gasteiger partial charge in [-0.25, -0.2) is 0 Å². The Kier molecular flexibility index (Phi) is 13.3. The van der Waals surface area contributed by atoms with Gasteiger partial charge in [-0.1, -0.05) is 76.2 Å². The minimum absolute atomic E-state index is 0. The van der Waals surface area contributed by atoms with Gasteiger partial charge in [0.1, 0.15) is 17.8 Å². The van der Waals surface area contributed by atoms with E-state index in [0.717, 1.165) is 35.4 Å². The van der Waals surface area contributed by atoms with E-state index in [2.05, 4.69) is 91.8 Å². The highest BCUT2D eigenvalue weighted by atomic mass is 35.5. The molecule has 2 N–H and O–H groups in total. The quantitative estimate of drug-likeness (QED) is 0.347. The zero-order valence-electron chi connectivity index (χ0n) is 21.9. The molecule has 0 aromatic heterocycles. The summed E-state index contributed by atoms with van der Waals surface area (Å²) in [6.07, 6.45) is -0.299. The summed E-state index contributed by atoms with van der Waals surface area (Å²) >= 11 is 0. The summed E-state index contributed by atoms with van der Waals surface area (Å²) in [6.45, 7) is 21.8. The van der Waals surface area contributed by atoms with Gasteiger partial charge in [-0.2, -0.15) is 0 Å². The molecule has 0 saturated carbocycles. The van der Waals surface area contributed by atoms with Gasteiger partial charge in [-0.05, 0) is 39.3 Å². The first kappa shape index (κ1) is 31.4. The minimum atomic E-state index is -0.299. The van der Waals surface area contributed by atoms with Crippen molar-refractivity contribution in [1.82, 2.24) is 0 Å². The maximum Gasteiger partial charge on any atom is 0.249 e. The Morgan fingerprint density at radius 3 is 1.82 bits per heavy atom. The molecule has 188 valence electrons. The molecule has 5 heteroatoms. The molecule has 0 spiro atoms. The summed E-state index contributed by atoms with van der Waals surface area (Å²) in [6, 6.07) is 19.2. The molecular formula is C28H46ClNO3. The van der Waals surface area contributed by atoms with Crippen LogP contribution in [-0.4, -0.2) is 42.5 Å². The Hall–Kier alpha value is -1.59. The number of benzene rings is 2. The lowest BCUT2D eigenvalue weighted by Crippen LogP contribution is -3.00. The first-order chi connectivity index (χ1) is 14.6. The highest BCUT2D eigenvalue weighted by molar-refractivity contribution is 5.31. The third-order valence-corrected chi connectivity index (χ3v) is 6.30. The van der Waals surface area contributed by atoms with Gasteiger partial charge in [0.25, 0.3) is 0 Å². The predicted molar refractivity (Wildman–Crippen MR) is 135 cm³/mol. The zero-order valence-corrected chi connectivity index (χ0v) is 22.7. The molecule has 33 heavy (non-hydrogen) atoms. The fourth-order valence-corrected chi connectivity index (χ4v) is 4.85. The SMILES string of the molecule is CCOC(C[N+](CC(C)C)(CC(C)C)C(C)(C)c1ccccc1)Oc1ccccc1C.O.[Cl-]. The molecule has 2 aromatic carbocycles. The molecule has 0 heterocycles. The molecular weight excluding hydrogens is 434 g/mol. The molecule has 0 fully saturated rings. The first-order valence-corrected chi connectivity index (χ1v) is 11.9. The fraction of sp³-hybridized carbons (Fsp3) is 0.571. The summed E-state index contributed by atoms with van der Waals surface area (Å²) in [4.78, 5) is 0. The second-order valence-electron chi connectivity index (χ2n) is 10.2. The van der Waals surface area contributed by atoms with Crippen molar-refractivity contribution < 1.29 is 31.8 Å². The molecule has 0 saturated heterocycles. The number of ether oxygens (including phenoxy) is 2. The van der Waals surface area contributed by atoms with E-state index in [1.807, 2.05) is 18.2 Å². The topological polar surface area (TPSA) is 50.0 Å². The van der Waals surface area contributed by atoms with Crippen molar-refractivity contribution in [2.75, 3.05) is 26.2 Å². The number of rotatable bonds is 12. The molecule has 0 amide bonds. The number of aryl methyl sites for hydroxylation is 1. The molecule has 2 aromatic rings. The molecule has 2 rings (SSSR count). The molecule has 4 nitrogen and oxygen atoms in total. The highest BCUT2D eigenvalue weighted by Gasteiger charge is 2.47. The lowest BCUT2D eigenvalue weighted by Gasteiger charge is -2.53. The summed E-state index contributed by atoms with van der Waals surface area (Å²) in [7, 11) is 0. The van der Waals surface area contributed by atoms with Crippen molar-refractivity contribution >= 4 is 0 Å². The van der Waals surface area contributed by atoms with Crippen LogP contribution in [0.3, 0.4) is 0 Å². The van der Waals surface area contributed by atoms with E-state index in [1.54, 1.807) is 0 Å². The monoisotopic (exact) mass is 479 g/mol. The Morgan fingerprint density at radius 1 is 0.818 bits per heavy atom. The van der Waals surface area contributed by atoms with Gasteiger partial charge < -0.3 is 31.8 Å². The van der Waals surface area contributed by atoms with Crippen LogP contribution in [0, 0.1) is 18.8 Å². The average Bonchev–Trinajstić information content (AvgIpc) is 2.69. The highest BCUT2D eigenvalue weighted by Crippen LogP contribution is 2.38. The van der Waals surface area contributed by atoms with Crippen molar-refractivity contribution in [3.05, 3.63) is 65.7 Å². The van der Waals surface area contributed by atoms with Crippen molar-refractivity contribution in [2.24, 2.45) is 11.8 Å². The van der Waals surface area contributed by atoms with Crippen LogP contribution in [0.1, 0.15) is 59.6 Å². The van der Waals surface area contributed by atoms with Gasteiger partial charge >= 0.3 is 0 Å². The number of quaternary nitrogens is 1. The minimum Gasteiger partial charge on any atom is -1.00 e. The smallest absolute Gasteiger partial charge is 0.249 e. The standard InChI is InChI=1S/C28H44NO2.ClH.H2O/c1-9-30-27(31-26-18-14-13-15-24(26)6)21-29(19-22(2)3,20-23(4)5)28(7,8)25-16-11-10-12-17-25;;/h10-18,22-23,27H,9,19-21H2,1-8H3;1H;1H2/q+1;;/p-1. The Balaban J connectivity index is 0.00000512. The fourth-order valence-electron chi connectivity index (χ4n) is 4.85. The summed E-state index contributed by atoms with van der Waals surface area (Å²) in [5, 5.41) is 0. The lowest BCUT2D eigenvalue weighted by molar-refractivity contribution is -0.989. The van der Waals surface area contributed by atoms with Crippen LogP contribution in [0.2, 0.25) is 0 Å². The average molecular weight is 480 g/mol. The Morgan fingerprint density at radius 2 is 1.33 bits per heavy atom. The van der Waals surface area contributed by atoms with Gasteiger partial charge in [0.15, 0.2) is 0 Å². The Bertz CT molecular complexity index is 783. The van der Waals surface area contributed by atoms with Crippen LogP contribution in [0.15, 0.2) is 54.6 Å². The molecule has 0 radical (unpaired) electrons. The summed E-state index contributed by atoms with van der Waals surface area (Å²) in [5.41, 5.74) is 2.42. The van der Waals surface area contributed by atoms with Crippen LogP contribution >= 0.6 is 0 Å². The van der Waals surface area contributed by atoms with Crippen molar-refractivity contribution in [2.45, 2.75) is 67.2 Å². The molecule has 0 aliphatic rings. The van der Waals surface area contributed by atoms with Gasteiger partial charge in [-0.3, -0.25) is 0 Å². The first-order valence-electron chi connectivity index (χ1n) is 11.9. The second-order valence-corrected chi connectivity index (χ2v) is 10.2. The number of hydrogen-bond acceptors (Lipinski definition) is 2. The normalized spacial score (nSPS) is 12.8. The molecule has 0 aliphatic heterocycles. The predicted octanol–water partition coefficient (Wildman–Crippen LogP) is 2.98. The van der Waals surface area contributed by atoms with E-state index < -0.39 is 0 Å². The summed E-state index contributed by atoms with van der Waals surface area (Å²) < 4.78 is 13.6. The van der Waals surface area contributed by atoms with Gasteiger partial charge in [-0.15, -0.1) is 0 Å². The van der Waals surface area contributed by atoms with E-state index in [9.17, 15) is 0 Å². The largest absolute Gasteiger partial charge is 1.00 e. The van der Waals surface area contributed by atoms with E-state index in [-0.39, 0.29) is 29.7 Å². The van der Waals surface area contributed by atoms with Crippen LogP contribution < -0.4 is 17.1 Å². The molecule has 0 bridgehead atoms. The Labute approximate surface area is 208 Å².